The highest BCUT2D eigenvalue weighted by molar-refractivity contribution is 6.05. The zero-order valence-electron chi connectivity index (χ0n) is 28.6. The Morgan fingerprint density at radius 2 is 1.72 bits per heavy atom. The maximum absolute atomic E-state index is 14.3. The molecule has 0 fully saturated rings. The molecule has 50 heavy (non-hydrogen) atoms. The highest BCUT2D eigenvalue weighted by Gasteiger charge is 2.32. The second kappa shape index (κ2) is 17.3. The van der Waals surface area contributed by atoms with Gasteiger partial charge in [0.05, 0.1) is 36.0 Å². The number of rotatable bonds is 7. The first-order valence-electron chi connectivity index (χ1n) is 16.5. The van der Waals surface area contributed by atoms with Crippen LogP contribution in [-0.2, 0) is 10.9 Å². The summed E-state index contributed by atoms with van der Waals surface area (Å²) in [6, 6.07) is 11.0. The zero-order chi connectivity index (χ0) is 36.4. The number of likely N-dealkylation sites (N-methyl/N-ethyl adjacent to an activating group) is 1. The van der Waals surface area contributed by atoms with Crippen molar-refractivity contribution in [1.82, 2.24) is 14.8 Å². The number of aliphatic hydroxyl groups is 1. The number of hydrogen-bond acceptors (Lipinski definition) is 7. The molecule has 4 amide bonds. The first-order valence-corrected chi connectivity index (χ1v) is 16.5. The Labute approximate surface area is 289 Å². The summed E-state index contributed by atoms with van der Waals surface area (Å²) in [5, 5.41) is 15.6. The van der Waals surface area contributed by atoms with Gasteiger partial charge in [-0.1, -0.05) is 6.92 Å². The number of carbonyl (C=O) groups excluding carboxylic acids is 3. The van der Waals surface area contributed by atoms with E-state index in [1.165, 1.54) is 34.3 Å². The molecule has 0 spiro atoms. The Hall–Kier alpha value is -4.69. The summed E-state index contributed by atoms with van der Waals surface area (Å²) in [6.07, 6.45) is -0.122. The summed E-state index contributed by atoms with van der Waals surface area (Å²) in [5.41, 5.74) is 0.359. The molecule has 14 heteroatoms. The van der Waals surface area contributed by atoms with Crippen LogP contribution in [0.3, 0.4) is 0 Å². The molecule has 0 saturated heterocycles. The molecular formula is C36H44F3N5O6. The van der Waals surface area contributed by atoms with Gasteiger partial charge in [0, 0.05) is 62.0 Å². The predicted octanol–water partition coefficient (Wildman–Crippen LogP) is 6.31. The molecule has 0 bridgehead atoms. The second-order valence-corrected chi connectivity index (χ2v) is 12.6. The number of aliphatic hydroxyl groups excluding tert-OH is 1. The van der Waals surface area contributed by atoms with Crippen LogP contribution in [0, 0.1) is 5.92 Å². The molecule has 1 aliphatic heterocycles. The number of benzene rings is 2. The van der Waals surface area contributed by atoms with Crippen LogP contribution in [0.5, 0.6) is 5.75 Å². The summed E-state index contributed by atoms with van der Waals surface area (Å²) >= 11 is 0. The fourth-order valence-corrected chi connectivity index (χ4v) is 5.48. The van der Waals surface area contributed by atoms with Crippen molar-refractivity contribution < 1.29 is 42.1 Å². The number of nitrogens with zero attached hydrogens (tertiary/aromatic N) is 3. The van der Waals surface area contributed by atoms with Gasteiger partial charge in [-0.05, 0) is 87.7 Å². The van der Waals surface area contributed by atoms with Gasteiger partial charge in [-0.15, -0.1) is 0 Å². The number of carbonyl (C=O) groups is 3. The molecule has 0 unspecified atom stereocenters. The predicted molar refractivity (Wildman–Crippen MR) is 182 cm³/mol. The number of aromatic nitrogens is 1. The molecule has 1 aliphatic rings. The van der Waals surface area contributed by atoms with Crippen LogP contribution in [0.2, 0.25) is 0 Å². The van der Waals surface area contributed by atoms with Crippen LogP contribution >= 0.6 is 0 Å². The number of urea groups is 1. The lowest BCUT2D eigenvalue weighted by Gasteiger charge is -2.35. The molecule has 4 rings (SSSR count). The quantitative estimate of drug-likeness (QED) is 0.263. The van der Waals surface area contributed by atoms with E-state index in [-0.39, 0.29) is 48.9 Å². The topological polar surface area (TPSA) is 133 Å². The monoisotopic (exact) mass is 699 g/mol. The maximum Gasteiger partial charge on any atom is 0.416 e. The minimum absolute atomic E-state index is 0.116. The van der Waals surface area contributed by atoms with Gasteiger partial charge in [0.2, 0.25) is 0 Å². The normalized spacial score (nSPS) is 19.7. The Morgan fingerprint density at radius 3 is 2.38 bits per heavy atom. The van der Waals surface area contributed by atoms with E-state index in [1.54, 1.807) is 44.3 Å². The molecule has 270 valence electrons. The highest BCUT2D eigenvalue weighted by atomic mass is 19.4. The van der Waals surface area contributed by atoms with E-state index in [2.05, 4.69) is 15.6 Å². The van der Waals surface area contributed by atoms with E-state index in [4.69, 9.17) is 9.47 Å². The van der Waals surface area contributed by atoms with Gasteiger partial charge in [0.15, 0.2) is 0 Å². The average molecular weight is 700 g/mol. The Balaban J connectivity index is 1.57. The van der Waals surface area contributed by atoms with Gasteiger partial charge >= 0.3 is 12.2 Å². The molecule has 4 atom stereocenters. The van der Waals surface area contributed by atoms with Crippen molar-refractivity contribution >= 4 is 29.2 Å². The number of alkyl halides is 3. The Bertz CT molecular complexity index is 1590. The van der Waals surface area contributed by atoms with E-state index in [1.807, 2.05) is 13.8 Å². The molecule has 11 nitrogen and oxygen atoms in total. The summed E-state index contributed by atoms with van der Waals surface area (Å²) in [7, 11) is 1.55. The molecular weight excluding hydrogens is 655 g/mol. The Morgan fingerprint density at radius 1 is 1.04 bits per heavy atom. The van der Waals surface area contributed by atoms with Crippen molar-refractivity contribution in [3.8, 4) is 5.75 Å². The van der Waals surface area contributed by atoms with Crippen molar-refractivity contribution in [2.75, 3.05) is 44.0 Å². The summed E-state index contributed by atoms with van der Waals surface area (Å²) in [5.74, 6) is -0.799. The van der Waals surface area contributed by atoms with Crippen molar-refractivity contribution in [2.45, 2.75) is 64.5 Å². The number of nitrogens with one attached hydrogen (secondary N) is 2. The van der Waals surface area contributed by atoms with E-state index in [0.29, 0.717) is 36.4 Å². The number of anilines is 2. The molecule has 0 radical (unpaired) electrons. The van der Waals surface area contributed by atoms with Gasteiger partial charge in [-0.2, -0.15) is 13.2 Å². The standard InChI is InChI=1S/C36H44F3N5O6/c1-23-20-44(24(2)22-45)34(47)30-19-29(41-33(46)26-14-16-40-17-15-26)12-13-31(30)50-25(3)7-5-6-18-49-32(23)21-43(4)35(48)42-28-10-8-27(9-11-28)36(37,38)39/h8-17,19,23-25,32,45H,5-7,18,20-22H2,1-4H3,(H,41,46)(H,42,48)/t23-,24+,25+,32+/m1/s1. The van der Waals surface area contributed by atoms with Gasteiger partial charge < -0.3 is 35.0 Å². The minimum atomic E-state index is -4.49. The van der Waals surface area contributed by atoms with Crippen LogP contribution in [0.4, 0.5) is 29.3 Å². The van der Waals surface area contributed by atoms with E-state index in [9.17, 15) is 32.7 Å². The third kappa shape index (κ3) is 10.4. The highest BCUT2D eigenvalue weighted by Crippen LogP contribution is 2.31. The third-order valence-electron chi connectivity index (χ3n) is 8.52. The van der Waals surface area contributed by atoms with Crippen LogP contribution in [0.1, 0.15) is 66.3 Å². The van der Waals surface area contributed by atoms with Crippen molar-refractivity contribution in [3.05, 3.63) is 83.7 Å². The van der Waals surface area contributed by atoms with Crippen LogP contribution in [0.15, 0.2) is 67.0 Å². The summed E-state index contributed by atoms with van der Waals surface area (Å²) < 4.78 is 51.5. The Kier molecular flexibility index (Phi) is 13.2. The number of fused-ring (bicyclic) bond motifs is 1. The second-order valence-electron chi connectivity index (χ2n) is 12.6. The molecule has 0 saturated carbocycles. The SMILES string of the molecule is C[C@@H]1CN([C@@H](C)CO)C(=O)c2cc(NC(=O)c3ccncc3)ccc2O[C@@H](C)CCCCO[C@H]1CN(C)C(=O)Nc1ccc(C(F)(F)F)cc1. The lowest BCUT2D eigenvalue weighted by molar-refractivity contribution is -0.137. The first-order chi connectivity index (χ1) is 23.8. The maximum atomic E-state index is 14.3. The average Bonchev–Trinajstić information content (AvgIpc) is 3.09. The van der Waals surface area contributed by atoms with Crippen molar-refractivity contribution in [1.29, 1.82) is 0 Å². The molecule has 2 heterocycles. The van der Waals surface area contributed by atoms with Gasteiger partial charge in [0.25, 0.3) is 11.8 Å². The first kappa shape index (κ1) is 38.1. The fraction of sp³-hybridized carbons (Fsp3) is 0.444. The van der Waals surface area contributed by atoms with Crippen molar-refractivity contribution in [3.63, 3.8) is 0 Å². The zero-order valence-corrected chi connectivity index (χ0v) is 28.6. The molecule has 1 aromatic heterocycles. The lowest BCUT2D eigenvalue weighted by atomic mass is 10.0. The lowest BCUT2D eigenvalue weighted by Crippen LogP contribution is -2.48. The number of amides is 4. The minimum Gasteiger partial charge on any atom is -0.490 e. The van der Waals surface area contributed by atoms with E-state index in [0.717, 1.165) is 18.6 Å². The van der Waals surface area contributed by atoms with Crippen LogP contribution in [0.25, 0.3) is 0 Å². The van der Waals surface area contributed by atoms with Gasteiger partial charge in [-0.3, -0.25) is 14.6 Å². The van der Waals surface area contributed by atoms with E-state index < -0.39 is 35.8 Å². The summed E-state index contributed by atoms with van der Waals surface area (Å²) in [4.78, 5) is 47.1. The number of pyridine rings is 1. The number of halogens is 3. The molecule has 3 N–H and O–H groups in total. The third-order valence-corrected chi connectivity index (χ3v) is 8.52. The largest absolute Gasteiger partial charge is 0.490 e. The molecule has 0 aliphatic carbocycles. The smallest absolute Gasteiger partial charge is 0.416 e. The van der Waals surface area contributed by atoms with Crippen LogP contribution in [-0.4, -0.2) is 89.3 Å². The summed E-state index contributed by atoms with van der Waals surface area (Å²) in [6.45, 7) is 5.82. The van der Waals surface area contributed by atoms with Crippen molar-refractivity contribution in [2.24, 2.45) is 5.92 Å². The van der Waals surface area contributed by atoms with Gasteiger partial charge in [0.1, 0.15) is 5.75 Å². The fourth-order valence-electron chi connectivity index (χ4n) is 5.48. The van der Waals surface area contributed by atoms with E-state index >= 15 is 0 Å². The van der Waals surface area contributed by atoms with Crippen LogP contribution < -0.4 is 15.4 Å². The molecule has 2 aromatic carbocycles. The molecule has 3 aromatic rings. The van der Waals surface area contributed by atoms with Gasteiger partial charge in [-0.25, -0.2) is 4.79 Å². The number of ether oxygens (including phenoxy) is 2. The number of hydrogen-bond donors (Lipinski definition) is 3.